The Balaban J connectivity index is 1.55. The maximum atomic E-state index is 12.1. The second kappa shape index (κ2) is 8.21. The summed E-state index contributed by atoms with van der Waals surface area (Å²) < 4.78 is 10.7. The van der Waals surface area contributed by atoms with Crippen molar-refractivity contribution in [3.8, 4) is 17.1 Å². The van der Waals surface area contributed by atoms with Gasteiger partial charge in [-0.2, -0.15) is 4.98 Å². The molecule has 1 heterocycles. The lowest BCUT2D eigenvalue weighted by atomic mass is 10.2. The number of nitrogens with zero attached hydrogens (tertiary/aromatic N) is 2. The van der Waals surface area contributed by atoms with Crippen LogP contribution in [0.15, 0.2) is 53.1 Å². The molecule has 0 aliphatic heterocycles. The fourth-order valence-electron chi connectivity index (χ4n) is 2.15. The molecule has 0 bridgehead atoms. The number of hydrogen-bond donors (Lipinski definition) is 1. The second-order valence-electron chi connectivity index (χ2n) is 5.45. The summed E-state index contributed by atoms with van der Waals surface area (Å²) in [6.07, 6.45) is -0.702. The molecule has 6 nitrogen and oxygen atoms in total. The Morgan fingerprint density at radius 2 is 1.96 bits per heavy atom. The summed E-state index contributed by atoms with van der Waals surface area (Å²) in [6, 6.07) is 13.9. The van der Waals surface area contributed by atoms with Crippen LogP contribution in [0.4, 0.5) is 0 Å². The molecule has 1 amide bonds. The average molecular weight is 392 g/mol. The van der Waals surface area contributed by atoms with E-state index >= 15 is 0 Å². The Labute approximate surface area is 160 Å². The number of carbonyl (C=O) groups excluding carboxylic acids is 1. The van der Waals surface area contributed by atoms with Gasteiger partial charge in [-0.1, -0.05) is 34.4 Å². The van der Waals surface area contributed by atoms with Crippen molar-refractivity contribution in [2.75, 3.05) is 0 Å². The molecular weight excluding hydrogens is 377 g/mol. The molecule has 3 aromatic rings. The van der Waals surface area contributed by atoms with Crippen molar-refractivity contribution in [3.05, 3.63) is 64.5 Å². The highest BCUT2D eigenvalue weighted by atomic mass is 35.5. The van der Waals surface area contributed by atoms with E-state index in [1.165, 1.54) is 0 Å². The Kier molecular flexibility index (Phi) is 5.75. The molecule has 3 rings (SSSR count). The summed E-state index contributed by atoms with van der Waals surface area (Å²) in [6.45, 7) is 1.74. The summed E-state index contributed by atoms with van der Waals surface area (Å²) in [5.41, 5.74) is 0.772. The molecule has 0 unspecified atom stereocenters. The van der Waals surface area contributed by atoms with Crippen LogP contribution < -0.4 is 10.1 Å². The number of benzene rings is 2. The molecule has 26 heavy (non-hydrogen) atoms. The zero-order valence-corrected chi connectivity index (χ0v) is 15.3. The molecule has 0 radical (unpaired) electrons. The number of amides is 1. The quantitative estimate of drug-likeness (QED) is 0.683. The van der Waals surface area contributed by atoms with Crippen LogP contribution >= 0.6 is 23.2 Å². The SMILES string of the molecule is C[C@@H](Oc1cccc(Cl)c1)C(=O)NCc1nc(-c2ccc(Cl)cc2)no1. The number of nitrogens with one attached hydrogen (secondary N) is 1. The van der Waals surface area contributed by atoms with E-state index in [9.17, 15) is 4.79 Å². The van der Waals surface area contributed by atoms with Gasteiger partial charge in [0.15, 0.2) is 6.10 Å². The highest BCUT2D eigenvalue weighted by molar-refractivity contribution is 6.30. The highest BCUT2D eigenvalue weighted by Gasteiger charge is 2.16. The van der Waals surface area contributed by atoms with Crippen molar-refractivity contribution < 1.29 is 14.1 Å². The van der Waals surface area contributed by atoms with Crippen LogP contribution in [0.25, 0.3) is 11.4 Å². The third-order valence-electron chi connectivity index (χ3n) is 3.46. The van der Waals surface area contributed by atoms with E-state index in [4.69, 9.17) is 32.5 Å². The zero-order chi connectivity index (χ0) is 18.5. The number of rotatable bonds is 6. The third kappa shape index (κ3) is 4.74. The van der Waals surface area contributed by atoms with Gasteiger partial charge in [-0.15, -0.1) is 0 Å². The van der Waals surface area contributed by atoms with E-state index in [0.29, 0.717) is 27.5 Å². The minimum atomic E-state index is -0.702. The maximum Gasteiger partial charge on any atom is 0.261 e. The number of aromatic nitrogens is 2. The lowest BCUT2D eigenvalue weighted by molar-refractivity contribution is -0.127. The van der Waals surface area contributed by atoms with Crippen LogP contribution in [0, 0.1) is 0 Å². The minimum Gasteiger partial charge on any atom is -0.481 e. The Morgan fingerprint density at radius 1 is 1.19 bits per heavy atom. The van der Waals surface area contributed by atoms with Crippen LogP contribution in [0.5, 0.6) is 5.75 Å². The maximum absolute atomic E-state index is 12.1. The lowest BCUT2D eigenvalue weighted by Gasteiger charge is -2.14. The Bertz CT molecular complexity index is 897. The molecule has 0 aliphatic carbocycles. The minimum absolute atomic E-state index is 0.0999. The standard InChI is InChI=1S/C18H15Cl2N3O3/c1-11(25-15-4-2-3-14(20)9-15)18(24)21-10-16-22-17(23-26-16)12-5-7-13(19)8-6-12/h2-9,11H,10H2,1H3,(H,21,24)/t11-/m1/s1. The molecule has 0 saturated heterocycles. The van der Waals surface area contributed by atoms with Crippen molar-refractivity contribution >= 4 is 29.1 Å². The van der Waals surface area contributed by atoms with Gasteiger partial charge in [0.1, 0.15) is 5.75 Å². The van der Waals surface area contributed by atoms with E-state index in [0.717, 1.165) is 5.56 Å². The summed E-state index contributed by atoms with van der Waals surface area (Å²) in [4.78, 5) is 16.4. The first-order valence-electron chi connectivity index (χ1n) is 7.80. The summed E-state index contributed by atoms with van der Waals surface area (Å²) >= 11 is 11.7. The molecule has 1 atom stereocenters. The number of halogens is 2. The third-order valence-corrected chi connectivity index (χ3v) is 3.95. The molecule has 134 valence electrons. The van der Waals surface area contributed by atoms with Gasteiger partial charge in [-0.05, 0) is 49.4 Å². The molecule has 1 aromatic heterocycles. The first kappa shape index (κ1) is 18.2. The molecular formula is C18H15Cl2N3O3. The van der Waals surface area contributed by atoms with Gasteiger partial charge in [0, 0.05) is 15.6 Å². The first-order valence-corrected chi connectivity index (χ1v) is 8.55. The Hall–Kier alpha value is -2.57. The largest absolute Gasteiger partial charge is 0.481 e. The van der Waals surface area contributed by atoms with E-state index in [1.807, 2.05) is 0 Å². The van der Waals surface area contributed by atoms with Crippen molar-refractivity contribution in [2.24, 2.45) is 0 Å². The lowest BCUT2D eigenvalue weighted by Crippen LogP contribution is -2.35. The normalized spacial score (nSPS) is 11.8. The number of ether oxygens (including phenoxy) is 1. The van der Waals surface area contributed by atoms with Crippen LogP contribution in [0.3, 0.4) is 0 Å². The van der Waals surface area contributed by atoms with Gasteiger partial charge in [0.25, 0.3) is 5.91 Å². The van der Waals surface area contributed by atoms with Crippen molar-refractivity contribution in [1.82, 2.24) is 15.5 Å². The van der Waals surface area contributed by atoms with Gasteiger partial charge < -0.3 is 14.6 Å². The summed E-state index contributed by atoms with van der Waals surface area (Å²) in [7, 11) is 0. The zero-order valence-electron chi connectivity index (χ0n) is 13.8. The predicted molar refractivity (Wildman–Crippen MR) is 98.1 cm³/mol. The van der Waals surface area contributed by atoms with Crippen LogP contribution in [0.2, 0.25) is 10.0 Å². The molecule has 2 aromatic carbocycles. The number of carbonyl (C=O) groups is 1. The van der Waals surface area contributed by atoms with Gasteiger partial charge in [-0.25, -0.2) is 0 Å². The number of hydrogen-bond acceptors (Lipinski definition) is 5. The van der Waals surface area contributed by atoms with Gasteiger partial charge >= 0.3 is 0 Å². The van der Waals surface area contributed by atoms with Crippen LogP contribution in [0.1, 0.15) is 12.8 Å². The van der Waals surface area contributed by atoms with E-state index in [1.54, 1.807) is 55.5 Å². The van der Waals surface area contributed by atoms with E-state index in [2.05, 4.69) is 15.5 Å². The fourth-order valence-corrected chi connectivity index (χ4v) is 2.45. The highest BCUT2D eigenvalue weighted by Crippen LogP contribution is 2.19. The van der Waals surface area contributed by atoms with E-state index < -0.39 is 6.10 Å². The smallest absolute Gasteiger partial charge is 0.261 e. The first-order chi connectivity index (χ1) is 12.5. The van der Waals surface area contributed by atoms with Gasteiger partial charge in [0.2, 0.25) is 11.7 Å². The molecule has 0 aliphatic rings. The monoisotopic (exact) mass is 391 g/mol. The van der Waals surface area contributed by atoms with Crippen LogP contribution in [-0.2, 0) is 11.3 Å². The average Bonchev–Trinajstić information content (AvgIpc) is 3.09. The molecule has 0 saturated carbocycles. The Morgan fingerprint density at radius 3 is 2.69 bits per heavy atom. The molecule has 0 spiro atoms. The molecule has 1 N–H and O–H groups in total. The van der Waals surface area contributed by atoms with Crippen molar-refractivity contribution in [1.29, 1.82) is 0 Å². The second-order valence-corrected chi connectivity index (χ2v) is 6.33. The summed E-state index contributed by atoms with van der Waals surface area (Å²) in [5.74, 6) is 0.923. The van der Waals surface area contributed by atoms with Gasteiger partial charge in [-0.3, -0.25) is 4.79 Å². The fraction of sp³-hybridized carbons (Fsp3) is 0.167. The van der Waals surface area contributed by atoms with E-state index in [-0.39, 0.29) is 12.5 Å². The van der Waals surface area contributed by atoms with Gasteiger partial charge in [0.05, 0.1) is 6.54 Å². The summed E-state index contributed by atoms with van der Waals surface area (Å²) in [5, 5.41) is 7.74. The predicted octanol–water partition coefficient (Wildman–Crippen LogP) is 4.13. The molecule has 0 fully saturated rings. The van der Waals surface area contributed by atoms with Crippen molar-refractivity contribution in [2.45, 2.75) is 19.6 Å². The topological polar surface area (TPSA) is 77.2 Å². The van der Waals surface area contributed by atoms with Crippen molar-refractivity contribution in [3.63, 3.8) is 0 Å². The van der Waals surface area contributed by atoms with Crippen LogP contribution in [-0.4, -0.2) is 22.2 Å². The molecule has 8 heteroatoms.